The summed E-state index contributed by atoms with van der Waals surface area (Å²) in [5.41, 5.74) is 1.38. The van der Waals surface area contributed by atoms with Crippen LogP contribution in [-0.2, 0) is 14.3 Å². The predicted molar refractivity (Wildman–Crippen MR) is 110 cm³/mol. The van der Waals surface area contributed by atoms with Gasteiger partial charge in [-0.1, -0.05) is 45.9 Å². The van der Waals surface area contributed by atoms with Gasteiger partial charge in [0.05, 0.1) is 12.7 Å². The first-order valence-corrected chi connectivity index (χ1v) is 8.97. The molecule has 0 bridgehead atoms. The Hall–Kier alpha value is -1.48. The zero-order valence-corrected chi connectivity index (χ0v) is 17.6. The number of ketones is 2. The topological polar surface area (TPSA) is 46.7 Å². The van der Waals surface area contributed by atoms with Gasteiger partial charge in [0.25, 0.3) is 0 Å². The van der Waals surface area contributed by atoms with Crippen LogP contribution >= 0.6 is 0 Å². The minimum Gasteiger partial charge on any atom is -0.373 e. The highest BCUT2D eigenvalue weighted by atomic mass is 16.6. The summed E-state index contributed by atoms with van der Waals surface area (Å²) in [7, 11) is 0. The van der Waals surface area contributed by atoms with Gasteiger partial charge in [-0.15, -0.1) is 6.58 Å². The van der Waals surface area contributed by atoms with Crippen LogP contribution < -0.4 is 0 Å². The number of epoxide rings is 1. The molecule has 0 radical (unpaired) electrons. The van der Waals surface area contributed by atoms with Gasteiger partial charge in [0.15, 0.2) is 11.6 Å². The fourth-order valence-electron chi connectivity index (χ4n) is 1.23. The molecule has 2 aliphatic rings. The van der Waals surface area contributed by atoms with Crippen molar-refractivity contribution in [2.45, 2.75) is 80.3 Å². The number of Topliss-reactive ketones (excluding diaryl/α,β-unsaturated/α-hetero) is 1. The standard InChI is InChI=1S/C7H14.C5H8O.C4H6O.C3H6O.C3H6/c1-3-7(2)5-4-6-7;1-4(2)5(3)6;1-3-4(2)5;1-3-2-4-3;1-3-2/h3-6H2,1-2H3;1H2,2-3H3;3H,1H2,2H3;3H,2H2,1H3;3H,1H2,2H3. The Balaban J connectivity index is -0.000000249. The maximum atomic E-state index is 10.0. The largest absolute Gasteiger partial charge is 0.373 e. The van der Waals surface area contributed by atoms with Crippen LogP contribution in [0.5, 0.6) is 0 Å². The molecule has 3 nitrogen and oxygen atoms in total. The van der Waals surface area contributed by atoms with E-state index >= 15 is 0 Å². The molecule has 1 heterocycles. The smallest absolute Gasteiger partial charge is 0.154 e. The second kappa shape index (κ2) is 17.3. The van der Waals surface area contributed by atoms with Gasteiger partial charge >= 0.3 is 0 Å². The van der Waals surface area contributed by atoms with Gasteiger partial charge < -0.3 is 4.74 Å². The van der Waals surface area contributed by atoms with E-state index in [0.29, 0.717) is 11.7 Å². The molecule has 25 heavy (non-hydrogen) atoms. The van der Waals surface area contributed by atoms with Gasteiger partial charge in [0.1, 0.15) is 0 Å². The summed E-state index contributed by atoms with van der Waals surface area (Å²) >= 11 is 0. The Labute approximate surface area is 156 Å². The maximum absolute atomic E-state index is 10.0. The number of ether oxygens (including phenoxy) is 1. The number of hydrogen-bond donors (Lipinski definition) is 0. The van der Waals surface area contributed by atoms with Crippen molar-refractivity contribution in [1.82, 2.24) is 0 Å². The number of carbonyl (C=O) groups excluding carboxylic acids is 2. The Morgan fingerprint density at radius 3 is 1.48 bits per heavy atom. The Morgan fingerprint density at radius 1 is 1.20 bits per heavy atom. The molecular weight excluding hydrogens is 312 g/mol. The average molecular weight is 353 g/mol. The highest BCUT2D eigenvalue weighted by Crippen LogP contribution is 2.42. The van der Waals surface area contributed by atoms with Crippen LogP contribution in [0.4, 0.5) is 0 Å². The van der Waals surface area contributed by atoms with E-state index in [1.165, 1.54) is 45.6 Å². The molecule has 146 valence electrons. The maximum Gasteiger partial charge on any atom is 0.154 e. The van der Waals surface area contributed by atoms with Crippen molar-refractivity contribution >= 4 is 11.6 Å². The third-order valence-corrected chi connectivity index (χ3v) is 3.80. The van der Waals surface area contributed by atoms with Crippen LogP contribution in [0.15, 0.2) is 37.5 Å². The fourth-order valence-corrected chi connectivity index (χ4v) is 1.23. The van der Waals surface area contributed by atoms with Crippen LogP contribution in [-0.4, -0.2) is 24.3 Å². The lowest BCUT2D eigenvalue weighted by Gasteiger charge is -2.37. The third kappa shape index (κ3) is 27.6. The van der Waals surface area contributed by atoms with E-state index in [9.17, 15) is 9.59 Å². The molecule has 3 heteroatoms. The molecule has 0 aromatic carbocycles. The van der Waals surface area contributed by atoms with Gasteiger partial charge in [-0.3, -0.25) is 9.59 Å². The zero-order valence-electron chi connectivity index (χ0n) is 17.6. The van der Waals surface area contributed by atoms with E-state index in [-0.39, 0.29) is 11.6 Å². The van der Waals surface area contributed by atoms with E-state index in [2.05, 4.69) is 40.5 Å². The van der Waals surface area contributed by atoms with Gasteiger partial charge in [-0.2, -0.15) is 0 Å². The number of rotatable bonds is 3. The Morgan fingerprint density at radius 2 is 1.48 bits per heavy atom. The predicted octanol–water partition coefficient (Wildman–Crippen LogP) is 6.10. The van der Waals surface area contributed by atoms with Crippen LogP contribution in [0.1, 0.15) is 74.1 Å². The lowest BCUT2D eigenvalue weighted by Crippen LogP contribution is -2.23. The molecule has 0 aromatic rings. The van der Waals surface area contributed by atoms with Crippen molar-refractivity contribution in [3.05, 3.63) is 37.5 Å². The first-order chi connectivity index (χ1) is 11.5. The first kappa shape index (κ1) is 28.3. The third-order valence-electron chi connectivity index (χ3n) is 3.80. The molecule has 1 saturated carbocycles. The molecule has 1 aliphatic heterocycles. The van der Waals surface area contributed by atoms with Gasteiger partial charge in [0, 0.05) is 0 Å². The summed E-state index contributed by atoms with van der Waals surface area (Å²) in [5.74, 6) is 0.0833. The van der Waals surface area contributed by atoms with Crippen molar-refractivity contribution in [1.29, 1.82) is 0 Å². The summed E-state index contributed by atoms with van der Waals surface area (Å²) in [5, 5.41) is 0. The lowest BCUT2D eigenvalue weighted by molar-refractivity contribution is -0.114. The van der Waals surface area contributed by atoms with Gasteiger partial charge in [-0.05, 0) is 64.5 Å². The summed E-state index contributed by atoms with van der Waals surface area (Å²) < 4.78 is 4.71. The van der Waals surface area contributed by atoms with Crippen molar-refractivity contribution in [2.75, 3.05) is 6.61 Å². The SMILES string of the molecule is C=C(C)C(C)=O.C=CC.C=CC(C)=O.CC1CO1.CCC1(C)CCC1. The fraction of sp³-hybridized carbons (Fsp3) is 0.636. The number of hydrogen-bond acceptors (Lipinski definition) is 3. The van der Waals surface area contributed by atoms with Crippen LogP contribution in [0, 0.1) is 5.41 Å². The second-order valence-electron chi connectivity index (χ2n) is 6.72. The van der Waals surface area contributed by atoms with Crippen molar-refractivity contribution in [3.63, 3.8) is 0 Å². The van der Waals surface area contributed by atoms with E-state index < -0.39 is 0 Å². The summed E-state index contributed by atoms with van der Waals surface area (Å²) in [4.78, 5) is 19.7. The molecule has 0 aromatic heterocycles. The molecule has 0 spiro atoms. The van der Waals surface area contributed by atoms with Crippen molar-refractivity contribution < 1.29 is 14.3 Å². The molecule has 1 unspecified atom stereocenters. The molecule has 1 saturated heterocycles. The molecule has 1 atom stereocenters. The first-order valence-electron chi connectivity index (χ1n) is 8.97. The summed E-state index contributed by atoms with van der Waals surface area (Å²) in [6.07, 6.45) is 9.42. The Kier molecular flexibility index (Phi) is 19.7. The molecule has 0 amide bonds. The summed E-state index contributed by atoms with van der Waals surface area (Å²) in [6, 6.07) is 0. The van der Waals surface area contributed by atoms with E-state index in [1.54, 1.807) is 13.0 Å². The lowest BCUT2D eigenvalue weighted by atomic mass is 9.69. The molecular formula is C22H40O3. The minimum absolute atomic E-state index is 0.0185. The molecule has 2 fully saturated rings. The summed E-state index contributed by atoms with van der Waals surface area (Å²) in [6.45, 7) is 24.2. The monoisotopic (exact) mass is 352 g/mol. The quantitative estimate of drug-likeness (QED) is 0.350. The van der Waals surface area contributed by atoms with Crippen LogP contribution in [0.3, 0.4) is 0 Å². The number of allylic oxidation sites excluding steroid dienone is 3. The normalized spacial score (nSPS) is 17.5. The zero-order chi connectivity index (χ0) is 20.5. The minimum atomic E-state index is 0.0185. The highest BCUT2D eigenvalue weighted by Gasteiger charge is 2.28. The van der Waals surface area contributed by atoms with Crippen LogP contribution in [0.25, 0.3) is 0 Å². The number of carbonyl (C=O) groups is 2. The van der Waals surface area contributed by atoms with E-state index in [4.69, 9.17) is 4.74 Å². The van der Waals surface area contributed by atoms with Crippen LogP contribution in [0.2, 0.25) is 0 Å². The Bertz CT molecular complexity index is 382. The van der Waals surface area contributed by atoms with Gasteiger partial charge in [0.2, 0.25) is 0 Å². The molecule has 2 rings (SSSR count). The van der Waals surface area contributed by atoms with E-state index in [0.717, 1.165) is 12.0 Å². The second-order valence-corrected chi connectivity index (χ2v) is 6.72. The average Bonchev–Trinajstić information content (AvgIpc) is 3.29. The van der Waals surface area contributed by atoms with Gasteiger partial charge in [-0.25, -0.2) is 0 Å². The molecule has 0 N–H and O–H groups in total. The van der Waals surface area contributed by atoms with E-state index in [1.807, 2.05) is 6.92 Å². The van der Waals surface area contributed by atoms with Crippen molar-refractivity contribution in [3.8, 4) is 0 Å². The van der Waals surface area contributed by atoms with Crippen molar-refractivity contribution in [2.24, 2.45) is 5.41 Å². The highest BCUT2D eigenvalue weighted by molar-refractivity contribution is 5.91. The molecule has 1 aliphatic carbocycles.